The van der Waals surface area contributed by atoms with Crippen LogP contribution in [0, 0.1) is 57.2 Å². The fraction of sp³-hybridized carbons (Fsp3) is 0.862. The van der Waals surface area contributed by atoms with Gasteiger partial charge in [0, 0.05) is 17.8 Å². The molecular formula is C29H44O2. The third-order valence-electron chi connectivity index (χ3n) is 12.7. The average molecular weight is 425 g/mol. The zero-order valence-corrected chi connectivity index (χ0v) is 20.6. The number of fused-ring (bicyclic) bond motifs is 7. The van der Waals surface area contributed by atoms with E-state index in [2.05, 4.69) is 41.2 Å². The maximum absolute atomic E-state index is 12.6. The van der Waals surface area contributed by atoms with E-state index >= 15 is 0 Å². The van der Waals surface area contributed by atoms with E-state index in [0.29, 0.717) is 51.6 Å². The highest BCUT2D eigenvalue weighted by Crippen LogP contribution is 2.76. The largest absolute Gasteiger partial charge is 0.303 e. The Kier molecular flexibility index (Phi) is 4.80. The van der Waals surface area contributed by atoms with Gasteiger partial charge < -0.3 is 4.79 Å². The molecule has 0 aliphatic heterocycles. The maximum Gasteiger partial charge on any atom is 0.136 e. The van der Waals surface area contributed by atoms with E-state index in [1.54, 1.807) is 0 Å². The van der Waals surface area contributed by atoms with Gasteiger partial charge in [0.05, 0.1) is 0 Å². The Balaban J connectivity index is 1.55. The number of carbonyl (C=O) groups excluding carboxylic acids is 2. The minimum atomic E-state index is -0.0934. The lowest BCUT2D eigenvalue weighted by Crippen LogP contribution is -2.65. The number of aldehydes is 1. The third-order valence-corrected chi connectivity index (χ3v) is 12.7. The highest BCUT2D eigenvalue weighted by Gasteiger charge is 2.70. The molecule has 31 heavy (non-hydrogen) atoms. The first-order valence-electron chi connectivity index (χ1n) is 13.2. The quantitative estimate of drug-likeness (QED) is 0.352. The van der Waals surface area contributed by atoms with Crippen LogP contribution < -0.4 is 0 Å². The number of hydrogen-bond acceptors (Lipinski definition) is 2. The monoisotopic (exact) mass is 424 g/mol. The molecule has 5 rings (SSSR count). The molecule has 2 nitrogen and oxygen atoms in total. The second kappa shape index (κ2) is 6.80. The van der Waals surface area contributed by atoms with Crippen LogP contribution in [0.15, 0.2) is 12.2 Å². The molecule has 0 bridgehead atoms. The van der Waals surface area contributed by atoms with Crippen LogP contribution in [0.1, 0.15) is 98.8 Å². The number of ketones is 1. The van der Waals surface area contributed by atoms with Gasteiger partial charge in [-0.15, -0.1) is 0 Å². The Labute approximate surface area is 190 Å². The molecule has 0 radical (unpaired) electrons. The smallest absolute Gasteiger partial charge is 0.136 e. The van der Waals surface area contributed by atoms with E-state index in [1.807, 2.05) is 0 Å². The van der Waals surface area contributed by atoms with Crippen molar-refractivity contribution in [3.05, 3.63) is 12.2 Å². The molecule has 172 valence electrons. The van der Waals surface area contributed by atoms with Crippen molar-refractivity contribution in [3.8, 4) is 0 Å². The Bertz CT molecular complexity index is 814. The van der Waals surface area contributed by atoms with Crippen molar-refractivity contribution >= 4 is 12.1 Å². The summed E-state index contributed by atoms with van der Waals surface area (Å²) in [7, 11) is 0. The van der Waals surface area contributed by atoms with Crippen LogP contribution in [0.4, 0.5) is 0 Å². The first kappa shape index (κ1) is 21.9. The first-order chi connectivity index (χ1) is 14.5. The Morgan fingerprint density at radius 1 is 0.935 bits per heavy atom. The zero-order valence-electron chi connectivity index (χ0n) is 20.6. The molecule has 10 atom stereocenters. The number of rotatable bonds is 2. The molecule has 0 spiro atoms. The van der Waals surface area contributed by atoms with E-state index in [0.717, 1.165) is 32.1 Å². The van der Waals surface area contributed by atoms with Gasteiger partial charge in [-0.1, -0.05) is 39.8 Å². The van der Waals surface area contributed by atoms with E-state index in [-0.39, 0.29) is 11.3 Å². The van der Waals surface area contributed by atoms with Gasteiger partial charge in [-0.3, -0.25) is 4.79 Å². The normalized spacial score (nSPS) is 56.1. The Morgan fingerprint density at radius 3 is 2.35 bits per heavy atom. The van der Waals surface area contributed by atoms with Crippen LogP contribution in [0.25, 0.3) is 0 Å². The Morgan fingerprint density at radius 2 is 1.68 bits per heavy atom. The molecular weight excluding hydrogens is 380 g/mol. The van der Waals surface area contributed by atoms with Gasteiger partial charge in [-0.25, -0.2) is 0 Å². The summed E-state index contributed by atoms with van der Waals surface area (Å²) in [5.74, 6) is 3.69. The van der Waals surface area contributed by atoms with E-state index in [4.69, 9.17) is 0 Å². The van der Waals surface area contributed by atoms with Crippen LogP contribution in [0.5, 0.6) is 0 Å². The van der Waals surface area contributed by atoms with Crippen LogP contribution in [-0.2, 0) is 9.59 Å². The van der Waals surface area contributed by atoms with Crippen molar-refractivity contribution < 1.29 is 9.59 Å². The molecule has 5 aliphatic rings. The number of Topliss-reactive ketones (excluding diaryl/α,β-unsaturated/α-hetero) is 1. The van der Waals surface area contributed by atoms with Gasteiger partial charge in [0.1, 0.15) is 12.1 Å². The lowest BCUT2D eigenvalue weighted by Gasteiger charge is -2.71. The van der Waals surface area contributed by atoms with Gasteiger partial charge >= 0.3 is 0 Å². The summed E-state index contributed by atoms with van der Waals surface area (Å²) in [6, 6.07) is 0. The van der Waals surface area contributed by atoms with Gasteiger partial charge in [0.25, 0.3) is 0 Å². The Hall–Kier alpha value is -0.920. The van der Waals surface area contributed by atoms with Crippen molar-refractivity contribution in [3.63, 3.8) is 0 Å². The lowest BCUT2D eigenvalue weighted by atomic mass is 9.33. The highest BCUT2D eigenvalue weighted by molar-refractivity contribution is 5.82. The second-order valence-corrected chi connectivity index (χ2v) is 13.3. The SMILES string of the molecule is C=C(C)C1CC[C@]2(C=O)CC[C@]3(C)[C@H](CCC4[C@@]5(C)CCC(=O)[C@H](C)C5CC[C@]43C)C12. The van der Waals surface area contributed by atoms with Gasteiger partial charge in [0.15, 0.2) is 0 Å². The van der Waals surface area contributed by atoms with Crippen molar-refractivity contribution in [2.24, 2.45) is 57.2 Å². The predicted octanol–water partition coefficient (Wildman–Crippen LogP) is 7.02. The lowest BCUT2D eigenvalue weighted by molar-refractivity contribution is -0.224. The summed E-state index contributed by atoms with van der Waals surface area (Å²) in [5, 5.41) is 0. The summed E-state index contributed by atoms with van der Waals surface area (Å²) in [5.41, 5.74) is 2.13. The summed E-state index contributed by atoms with van der Waals surface area (Å²) < 4.78 is 0. The molecule has 0 aromatic heterocycles. The molecule has 0 saturated heterocycles. The van der Waals surface area contributed by atoms with Crippen LogP contribution >= 0.6 is 0 Å². The number of carbonyl (C=O) groups is 2. The van der Waals surface area contributed by atoms with E-state index in [9.17, 15) is 9.59 Å². The van der Waals surface area contributed by atoms with Crippen LogP contribution in [-0.4, -0.2) is 12.1 Å². The van der Waals surface area contributed by atoms with Gasteiger partial charge in [0.2, 0.25) is 0 Å². The van der Waals surface area contributed by atoms with Crippen molar-refractivity contribution in [1.82, 2.24) is 0 Å². The summed E-state index contributed by atoms with van der Waals surface area (Å²) >= 11 is 0. The summed E-state index contributed by atoms with van der Waals surface area (Å²) in [4.78, 5) is 25.1. The van der Waals surface area contributed by atoms with Gasteiger partial charge in [-0.2, -0.15) is 0 Å². The minimum Gasteiger partial charge on any atom is -0.303 e. The molecule has 2 heteroatoms. The van der Waals surface area contributed by atoms with Crippen molar-refractivity contribution in [2.75, 3.05) is 0 Å². The van der Waals surface area contributed by atoms with Crippen LogP contribution in [0.2, 0.25) is 0 Å². The predicted molar refractivity (Wildman–Crippen MR) is 125 cm³/mol. The molecule has 0 aromatic carbocycles. The van der Waals surface area contributed by atoms with Crippen LogP contribution in [0.3, 0.4) is 0 Å². The highest BCUT2D eigenvalue weighted by atomic mass is 16.1. The fourth-order valence-electron chi connectivity index (χ4n) is 10.8. The van der Waals surface area contributed by atoms with Crippen molar-refractivity contribution in [2.45, 2.75) is 98.8 Å². The topological polar surface area (TPSA) is 34.1 Å². The molecule has 0 aromatic rings. The standard InChI is InChI=1S/C29H44O2/c1-18(2)20-9-14-29(17-30)16-15-27(5)22(25(20)29)7-8-24-26(4)12-11-23(31)19(3)21(26)10-13-28(24,27)6/h17,19-22,24-25H,1,7-16H2,2-6H3/t19-,20?,21?,22-,24?,25?,26+,27-,28-,29-/m1/s1. The average Bonchev–Trinajstić information content (AvgIpc) is 3.12. The van der Waals surface area contributed by atoms with E-state index < -0.39 is 0 Å². The van der Waals surface area contributed by atoms with Gasteiger partial charge in [-0.05, 0) is 111 Å². The molecule has 0 N–H and O–H groups in total. The maximum atomic E-state index is 12.6. The summed E-state index contributed by atoms with van der Waals surface area (Å²) in [6.07, 6.45) is 12.8. The van der Waals surface area contributed by atoms with Crippen molar-refractivity contribution in [1.29, 1.82) is 0 Å². The first-order valence-corrected chi connectivity index (χ1v) is 13.2. The number of hydrogen-bond donors (Lipinski definition) is 0. The molecule has 4 unspecified atom stereocenters. The fourth-order valence-corrected chi connectivity index (χ4v) is 10.8. The minimum absolute atomic E-state index is 0.0934. The molecule has 5 saturated carbocycles. The second-order valence-electron chi connectivity index (χ2n) is 13.3. The molecule has 5 fully saturated rings. The van der Waals surface area contributed by atoms with E-state index in [1.165, 1.54) is 44.0 Å². The molecule has 0 heterocycles. The molecule has 5 aliphatic carbocycles. The zero-order chi connectivity index (χ0) is 22.4. The molecule has 0 amide bonds. The number of allylic oxidation sites excluding steroid dienone is 1. The third kappa shape index (κ3) is 2.57. The summed E-state index contributed by atoms with van der Waals surface area (Å²) in [6.45, 7) is 16.6.